The van der Waals surface area contributed by atoms with Crippen molar-refractivity contribution >= 4 is 22.6 Å². The van der Waals surface area contributed by atoms with Gasteiger partial charge in [0.05, 0.1) is 24.5 Å². The van der Waals surface area contributed by atoms with Gasteiger partial charge < -0.3 is 20.0 Å². The molecule has 0 aliphatic heterocycles. The summed E-state index contributed by atoms with van der Waals surface area (Å²) in [5.41, 5.74) is 2.79. The molecule has 1 amide bonds. The number of aromatic nitrogens is 4. The topological polar surface area (TPSA) is 113 Å². The Bertz CT molecular complexity index is 1190. The third-order valence-electron chi connectivity index (χ3n) is 4.23. The number of benzene rings is 2. The van der Waals surface area contributed by atoms with Gasteiger partial charge in [-0.3, -0.25) is 9.59 Å². The molecule has 0 bridgehead atoms. The molecule has 0 saturated heterocycles. The largest absolute Gasteiger partial charge is 0.497 e. The maximum atomic E-state index is 12.6. The molecule has 8 nitrogen and oxygen atoms in total. The normalized spacial score (nSPS) is 10.8. The number of nitrogens with one attached hydrogen (secondary N) is 3. The van der Waals surface area contributed by atoms with Gasteiger partial charge in [-0.1, -0.05) is 12.1 Å². The van der Waals surface area contributed by atoms with Crippen LogP contribution in [0.15, 0.2) is 59.7 Å². The SMILES string of the molecule is COc1ccc(Cc2nc(C(=O)Nc3ccc4nc[nH]c4c3)cc(=O)[nH]2)cc1. The van der Waals surface area contributed by atoms with E-state index in [1.165, 1.54) is 6.07 Å². The van der Waals surface area contributed by atoms with Crippen molar-refractivity contribution in [2.24, 2.45) is 0 Å². The van der Waals surface area contributed by atoms with Crippen LogP contribution in [0.5, 0.6) is 5.75 Å². The summed E-state index contributed by atoms with van der Waals surface area (Å²) in [7, 11) is 1.60. The van der Waals surface area contributed by atoms with E-state index in [-0.39, 0.29) is 11.3 Å². The van der Waals surface area contributed by atoms with Crippen LogP contribution in [0.1, 0.15) is 21.9 Å². The van der Waals surface area contributed by atoms with Crippen molar-refractivity contribution in [1.82, 2.24) is 19.9 Å². The molecule has 0 aliphatic rings. The number of aromatic amines is 2. The van der Waals surface area contributed by atoms with Gasteiger partial charge >= 0.3 is 0 Å². The van der Waals surface area contributed by atoms with Gasteiger partial charge in [-0.15, -0.1) is 0 Å². The summed E-state index contributed by atoms with van der Waals surface area (Å²) < 4.78 is 5.13. The first kappa shape index (κ1) is 17.5. The molecule has 0 aliphatic carbocycles. The van der Waals surface area contributed by atoms with Crippen molar-refractivity contribution in [3.8, 4) is 5.75 Å². The number of ether oxygens (including phenoxy) is 1. The minimum absolute atomic E-state index is 0.0527. The lowest BCUT2D eigenvalue weighted by Crippen LogP contribution is -2.20. The zero-order chi connectivity index (χ0) is 19.5. The van der Waals surface area contributed by atoms with E-state index in [1.807, 2.05) is 24.3 Å². The number of fused-ring (bicyclic) bond motifs is 1. The van der Waals surface area contributed by atoms with Gasteiger partial charge in [0.2, 0.25) is 0 Å². The Morgan fingerprint density at radius 2 is 1.96 bits per heavy atom. The molecule has 0 fully saturated rings. The molecule has 0 spiro atoms. The average molecular weight is 375 g/mol. The van der Waals surface area contributed by atoms with Crippen LogP contribution in [0.4, 0.5) is 5.69 Å². The number of H-pyrrole nitrogens is 2. The van der Waals surface area contributed by atoms with Crippen LogP contribution in [0.2, 0.25) is 0 Å². The van der Waals surface area contributed by atoms with Crippen LogP contribution in [0.3, 0.4) is 0 Å². The molecule has 0 saturated carbocycles. The number of hydrogen-bond acceptors (Lipinski definition) is 5. The van der Waals surface area contributed by atoms with Crippen molar-refractivity contribution in [2.75, 3.05) is 12.4 Å². The molecule has 8 heteroatoms. The molecule has 4 aromatic rings. The zero-order valence-electron chi connectivity index (χ0n) is 15.0. The number of anilines is 1. The molecular formula is C20H17N5O3. The molecule has 2 aromatic heterocycles. The van der Waals surface area contributed by atoms with Crippen LogP contribution in [0, 0.1) is 0 Å². The lowest BCUT2D eigenvalue weighted by Gasteiger charge is -2.07. The van der Waals surface area contributed by atoms with Crippen LogP contribution < -0.4 is 15.6 Å². The van der Waals surface area contributed by atoms with Gasteiger partial charge in [0.1, 0.15) is 17.3 Å². The maximum absolute atomic E-state index is 12.6. The highest BCUT2D eigenvalue weighted by atomic mass is 16.5. The summed E-state index contributed by atoms with van der Waals surface area (Å²) in [4.78, 5) is 38.6. The second kappa shape index (κ2) is 7.36. The van der Waals surface area contributed by atoms with Gasteiger partial charge in [0.15, 0.2) is 0 Å². The smallest absolute Gasteiger partial charge is 0.274 e. The minimum atomic E-state index is -0.457. The van der Waals surface area contributed by atoms with E-state index in [4.69, 9.17) is 4.74 Å². The molecule has 3 N–H and O–H groups in total. The molecule has 4 rings (SSSR count). The quantitative estimate of drug-likeness (QED) is 0.496. The lowest BCUT2D eigenvalue weighted by molar-refractivity contribution is 0.102. The Hall–Kier alpha value is -3.94. The molecule has 0 unspecified atom stereocenters. The monoisotopic (exact) mass is 375 g/mol. The van der Waals surface area contributed by atoms with E-state index in [0.29, 0.717) is 17.9 Å². The highest BCUT2D eigenvalue weighted by molar-refractivity contribution is 6.03. The van der Waals surface area contributed by atoms with Gasteiger partial charge in [0, 0.05) is 18.2 Å². The molecular weight excluding hydrogens is 358 g/mol. The molecule has 0 radical (unpaired) electrons. The highest BCUT2D eigenvalue weighted by Crippen LogP contribution is 2.16. The number of hydrogen-bond donors (Lipinski definition) is 3. The average Bonchev–Trinajstić information content (AvgIpc) is 3.16. The van der Waals surface area contributed by atoms with Gasteiger partial charge in [-0.05, 0) is 35.9 Å². The summed E-state index contributed by atoms with van der Waals surface area (Å²) in [6, 6.07) is 13.9. The lowest BCUT2D eigenvalue weighted by atomic mass is 10.1. The third kappa shape index (κ3) is 3.75. The number of methoxy groups -OCH3 is 1. The molecule has 2 aromatic carbocycles. The number of rotatable bonds is 5. The Balaban J connectivity index is 1.54. The predicted octanol–water partition coefficient (Wildman–Crippen LogP) is 2.50. The first-order valence-corrected chi connectivity index (χ1v) is 8.58. The van der Waals surface area contributed by atoms with E-state index in [1.54, 1.807) is 31.6 Å². The summed E-state index contributed by atoms with van der Waals surface area (Å²) in [5.74, 6) is 0.695. The Morgan fingerprint density at radius 3 is 2.75 bits per heavy atom. The fourth-order valence-electron chi connectivity index (χ4n) is 2.85. The van der Waals surface area contributed by atoms with E-state index in [2.05, 4.69) is 25.3 Å². The number of carbonyl (C=O) groups excluding carboxylic acids is 1. The number of nitrogens with zero attached hydrogens (tertiary/aromatic N) is 2. The highest BCUT2D eigenvalue weighted by Gasteiger charge is 2.12. The van der Waals surface area contributed by atoms with Gasteiger partial charge in [0.25, 0.3) is 11.5 Å². The summed E-state index contributed by atoms with van der Waals surface area (Å²) in [6.45, 7) is 0. The Labute approximate surface area is 159 Å². The van der Waals surface area contributed by atoms with Gasteiger partial charge in [-0.2, -0.15) is 0 Å². The summed E-state index contributed by atoms with van der Waals surface area (Å²) in [5, 5.41) is 2.76. The van der Waals surface area contributed by atoms with Crippen LogP contribution in [0.25, 0.3) is 11.0 Å². The zero-order valence-corrected chi connectivity index (χ0v) is 15.0. The molecule has 0 atom stereocenters. The summed E-state index contributed by atoms with van der Waals surface area (Å²) in [6.07, 6.45) is 1.97. The molecule has 2 heterocycles. The second-order valence-corrected chi connectivity index (χ2v) is 6.19. The number of carbonyl (C=O) groups is 1. The fraction of sp³-hybridized carbons (Fsp3) is 0.100. The number of imidazole rings is 1. The van der Waals surface area contributed by atoms with E-state index in [0.717, 1.165) is 22.3 Å². The van der Waals surface area contributed by atoms with E-state index in [9.17, 15) is 9.59 Å². The standard InChI is InChI=1S/C20H17N5O3/c1-28-14-5-2-12(3-6-14)8-18-24-17(10-19(26)25-18)20(27)23-13-4-7-15-16(9-13)22-11-21-15/h2-7,9-11H,8H2,1H3,(H,21,22)(H,23,27)(H,24,25,26). The molecule has 140 valence electrons. The van der Waals surface area contributed by atoms with E-state index >= 15 is 0 Å². The van der Waals surface area contributed by atoms with Crippen molar-refractivity contribution in [3.63, 3.8) is 0 Å². The first-order valence-electron chi connectivity index (χ1n) is 8.58. The number of amides is 1. The predicted molar refractivity (Wildman–Crippen MR) is 105 cm³/mol. The van der Waals surface area contributed by atoms with Crippen LogP contribution >= 0.6 is 0 Å². The second-order valence-electron chi connectivity index (χ2n) is 6.19. The Kier molecular flexibility index (Phi) is 4.59. The van der Waals surface area contributed by atoms with Crippen LogP contribution in [-0.4, -0.2) is 33.0 Å². The van der Waals surface area contributed by atoms with E-state index < -0.39 is 5.91 Å². The van der Waals surface area contributed by atoms with Crippen molar-refractivity contribution < 1.29 is 9.53 Å². The van der Waals surface area contributed by atoms with Crippen molar-refractivity contribution in [3.05, 3.63) is 82.3 Å². The van der Waals surface area contributed by atoms with Crippen molar-refractivity contribution in [2.45, 2.75) is 6.42 Å². The maximum Gasteiger partial charge on any atom is 0.274 e. The van der Waals surface area contributed by atoms with Crippen molar-refractivity contribution in [1.29, 1.82) is 0 Å². The first-order chi connectivity index (χ1) is 13.6. The fourth-order valence-corrected chi connectivity index (χ4v) is 2.85. The van der Waals surface area contributed by atoms with Crippen LogP contribution in [-0.2, 0) is 6.42 Å². The summed E-state index contributed by atoms with van der Waals surface area (Å²) >= 11 is 0. The Morgan fingerprint density at radius 1 is 1.14 bits per heavy atom. The molecule has 28 heavy (non-hydrogen) atoms. The third-order valence-corrected chi connectivity index (χ3v) is 4.23. The van der Waals surface area contributed by atoms with Gasteiger partial charge in [-0.25, -0.2) is 9.97 Å². The minimum Gasteiger partial charge on any atom is -0.497 e.